The number of epoxide rings is 1. The second-order valence-corrected chi connectivity index (χ2v) is 4.15. The van der Waals surface area contributed by atoms with Crippen LogP contribution in [-0.2, 0) is 15.3 Å². The van der Waals surface area contributed by atoms with E-state index in [0.29, 0.717) is 0 Å². The van der Waals surface area contributed by atoms with Crippen molar-refractivity contribution >= 4 is 0 Å². The average molecular weight is 226 g/mol. The van der Waals surface area contributed by atoms with Gasteiger partial charge in [0.05, 0.1) is 0 Å². The molecule has 2 aromatic carbocycles. The van der Waals surface area contributed by atoms with Crippen LogP contribution < -0.4 is 0 Å². The van der Waals surface area contributed by atoms with E-state index in [4.69, 9.17) is 9.47 Å². The zero-order chi connectivity index (χ0) is 11.7. The van der Waals surface area contributed by atoms with Gasteiger partial charge in [-0.25, -0.2) is 0 Å². The van der Waals surface area contributed by atoms with Crippen molar-refractivity contribution in [3.63, 3.8) is 0 Å². The minimum absolute atomic E-state index is 0.00361. The molecule has 0 bridgehead atoms. The van der Waals surface area contributed by atoms with E-state index in [2.05, 4.69) is 12.1 Å². The summed E-state index contributed by atoms with van der Waals surface area (Å²) in [6.07, 6.45) is -0.00361. The highest BCUT2D eigenvalue weighted by molar-refractivity contribution is 5.33. The minimum Gasteiger partial charge on any atom is -0.347 e. The normalized spacial score (nSPS) is 26.8. The standard InChI is InChI=1S/C15H14O2/c1-16-15(13-10-6-3-7-11-13)14(17-15)12-8-4-2-5-9-12/h2-11,14H,1H3. The fourth-order valence-corrected chi connectivity index (χ4v) is 2.22. The van der Waals surface area contributed by atoms with Crippen molar-refractivity contribution in [2.24, 2.45) is 0 Å². The van der Waals surface area contributed by atoms with Crippen molar-refractivity contribution in [2.45, 2.75) is 11.9 Å². The number of hydrogen-bond acceptors (Lipinski definition) is 2. The minimum atomic E-state index is -0.595. The van der Waals surface area contributed by atoms with E-state index in [-0.39, 0.29) is 6.10 Å². The van der Waals surface area contributed by atoms with Crippen molar-refractivity contribution in [3.05, 3.63) is 71.8 Å². The van der Waals surface area contributed by atoms with Gasteiger partial charge in [0.1, 0.15) is 6.10 Å². The molecule has 0 amide bonds. The lowest BCUT2D eigenvalue weighted by Gasteiger charge is -2.11. The van der Waals surface area contributed by atoms with Gasteiger partial charge < -0.3 is 9.47 Å². The van der Waals surface area contributed by atoms with Crippen LogP contribution in [0.5, 0.6) is 0 Å². The van der Waals surface area contributed by atoms with Gasteiger partial charge in [0, 0.05) is 12.7 Å². The zero-order valence-electron chi connectivity index (χ0n) is 9.67. The largest absolute Gasteiger partial charge is 0.347 e. The third kappa shape index (κ3) is 1.66. The SMILES string of the molecule is COC1(c2ccccc2)OC1c1ccccc1. The summed E-state index contributed by atoms with van der Waals surface area (Å²) in [6, 6.07) is 20.2. The first-order valence-electron chi connectivity index (χ1n) is 5.70. The Balaban J connectivity index is 1.94. The molecule has 0 spiro atoms. The Hall–Kier alpha value is -1.64. The molecule has 0 aliphatic carbocycles. The second kappa shape index (κ2) is 3.99. The lowest BCUT2D eigenvalue weighted by Crippen LogP contribution is -2.12. The van der Waals surface area contributed by atoms with Crippen LogP contribution >= 0.6 is 0 Å². The van der Waals surface area contributed by atoms with Gasteiger partial charge in [-0.2, -0.15) is 0 Å². The van der Waals surface area contributed by atoms with E-state index in [0.717, 1.165) is 11.1 Å². The quantitative estimate of drug-likeness (QED) is 0.749. The molecule has 2 atom stereocenters. The molecule has 2 aromatic rings. The number of hydrogen-bond donors (Lipinski definition) is 0. The molecule has 2 heteroatoms. The van der Waals surface area contributed by atoms with Crippen molar-refractivity contribution in [1.29, 1.82) is 0 Å². The fraction of sp³-hybridized carbons (Fsp3) is 0.200. The molecule has 1 heterocycles. The maximum atomic E-state index is 5.80. The molecule has 2 unspecified atom stereocenters. The van der Waals surface area contributed by atoms with Gasteiger partial charge in [0.25, 0.3) is 0 Å². The summed E-state index contributed by atoms with van der Waals surface area (Å²) < 4.78 is 11.4. The van der Waals surface area contributed by atoms with Gasteiger partial charge >= 0.3 is 0 Å². The highest BCUT2D eigenvalue weighted by atomic mass is 16.8. The molecule has 0 aromatic heterocycles. The lowest BCUT2D eigenvalue weighted by atomic mass is 10.0. The van der Waals surface area contributed by atoms with Gasteiger partial charge in [-0.3, -0.25) is 0 Å². The van der Waals surface area contributed by atoms with E-state index in [1.165, 1.54) is 0 Å². The van der Waals surface area contributed by atoms with Gasteiger partial charge in [-0.15, -0.1) is 0 Å². The van der Waals surface area contributed by atoms with E-state index in [1.807, 2.05) is 48.5 Å². The predicted molar refractivity (Wildman–Crippen MR) is 65.4 cm³/mol. The van der Waals surface area contributed by atoms with Crippen molar-refractivity contribution in [3.8, 4) is 0 Å². The molecule has 0 radical (unpaired) electrons. The van der Waals surface area contributed by atoms with Crippen molar-refractivity contribution in [1.82, 2.24) is 0 Å². The van der Waals surface area contributed by atoms with Crippen molar-refractivity contribution < 1.29 is 9.47 Å². The van der Waals surface area contributed by atoms with Crippen LogP contribution in [0.4, 0.5) is 0 Å². The van der Waals surface area contributed by atoms with Crippen LogP contribution in [0.2, 0.25) is 0 Å². The molecule has 1 fully saturated rings. The van der Waals surface area contributed by atoms with E-state index in [9.17, 15) is 0 Å². The zero-order valence-corrected chi connectivity index (χ0v) is 9.67. The molecule has 17 heavy (non-hydrogen) atoms. The van der Waals surface area contributed by atoms with Gasteiger partial charge in [0.2, 0.25) is 5.79 Å². The molecular weight excluding hydrogens is 212 g/mol. The lowest BCUT2D eigenvalue weighted by molar-refractivity contribution is -0.0142. The highest BCUT2D eigenvalue weighted by Gasteiger charge is 2.59. The van der Waals surface area contributed by atoms with Gasteiger partial charge in [0.15, 0.2) is 0 Å². The second-order valence-electron chi connectivity index (χ2n) is 4.15. The molecule has 2 nitrogen and oxygen atoms in total. The van der Waals surface area contributed by atoms with Crippen LogP contribution in [0.15, 0.2) is 60.7 Å². The maximum Gasteiger partial charge on any atom is 0.227 e. The Labute approximate surface area is 101 Å². The van der Waals surface area contributed by atoms with Crippen LogP contribution in [0.3, 0.4) is 0 Å². The molecule has 3 rings (SSSR count). The molecule has 0 N–H and O–H groups in total. The van der Waals surface area contributed by atoms with E-state index >= 15 is 0 Å². The number of rotatable bonds is 3. The van der Waals surface area contributed by atoms with Gasteiger partial charge in [-0.1, -0.05) is 60.7 Å². The smallest absolute Gasteiger partial charge is 0.227 e. The summed E-state index contributed by atoms with van der Waals surface area (Å²) in [5.41, 5.74) is 2.22. The topological polar surface area (TPSA) is 21.8 Å². The van der Waals surface area contributed by atoms with E-state index in [1.54, 1.807) is 7.11 Å². The summed E-state index contributed by atoms with van der Waals surface area (Å²) in [5, 5.41) is 0. The van der Waals surface area contributed by atoms with E-state index < -0.39 is 5.79 Å². The molecule has 0 saturated carbocycles. The van der Waals surface area contributed by atoms with Crippen molar-refractivity contribution in [2.75, 3.05) is 7.11 Å². The molecular formula is C15H14O2. The van der Waals surface area contributed by atoms with Crippen LogP contribution in [-0.4, -0.2) is 7.11 Å². The summed E-state index contributed by atoms with van der Waals surface area (Å²) in [5.74, 6) is -0.595. The fourth-order valence-electron chi connectivity index (χ4n) is 2.22. The third-order valence-electron chi connectivity index (χ3n) is 3.16. The number of ether oxygens (including phenoxy) is 2. The van der Waals surface area contributed by atoms with Crippen LogP contribution in [0.25, 0.3) is 0 Å². The molecule has 1 saturated heterocycles. The Morgan fingerprint density at radius 1 is 0.941 bits per heavy atom. The van der Waals surface area contributed by atoms with Gasteiger partial charge in [-0.05, 0) is 5.56 Å². The summed E-state index contributed by atoms with van der Waals surface area (Å²) >= 11 is 0. The number of benzene rings is 2. The molecule has 86 valence electrons. The third-order valence-corrected chi connectivity index (χ3v) is 3.16. The Morgan fingerprint density at radius 2 is 1.53 bits per heavy atom. The van der Waals surface area contributed by atoms with Crippen LogP contribution in [0.1, 0.15) is 17.2 Å². The first-order chi connectivity index (χ1) is 8.37. The monoisotopic (exact) mass is 226 g/mol. The first kappa shape index (κ1) is 10.5. The Bertz CT molecular complexity index is 495. The Morgan fingerprint density at radius 3 is 2.12 bits per heavy atom. The maximum absolute atomic E-state index is 5.80. The molecule has 1 aliphatic heterocycles. The highest BCUT2D eigenvalue weighted by Crippen LogP contribution is 2.57. The first-order valence-corrected chi connectivity index (χ1v) is 5.70. The summed E-state index contributed by atoms with van der Waals surface area (Å²) in [7, 11) is 1.69. The Kier molecular flexibility index (Phi) is 2.46. The average Bonchev–Trinajstić information content (AvgIpc) is 3.17. The molecule has 1 aliphatic rings. The predicted octanol–water partition coefficient (Wildman–Crippen LogP) is 3.26. The number of methoxy groups -OCH3 is 1. The van der Waals surface area contributed by atoms with Crippen LogP contribution in [0, 0.1) is 0 Å². The summed E-state index contributed by atoms with van der Waals surface area (Å²) in [6.45, 7) is 0. The summed E-state index contributed by atoms with van der Waals surface area (Å²) in [4.78, 5) is 0.